The van der Waals surface area contributed by atoms with Gasteiger partial charge in [-0.05, 0) is 43.7 Å². The Kier molecular flexibility index (Phi) is 4.06. The Morgan fingerprint density at radius 1 is 1.17 bits per heavy atom. The highest BCUT2D eigenvalue weighted by molar-refractivity contribution is 5.94. The van der Waals surface area contributed by atoms with Crippen molar-refractivity contribution in [1.82, 2.24) is 10.3 Å². The average Bonchev–Trinajstić information content (AvgIpc) is 2.54. The van der Waals surface area contributed by atoms with Gasteiger partial charge in [-0.25, -0.2) is 0 Å². The number of hydrogen-bond acceptors (Lipinski definition) is 4. The van der Waals surface area contributed by atoms with Crippen LogP contribution in [-0.2, 0) is 0 Å². The first-order valence-electron chi connectivity index (χ1n) is 7.45. The number of aryl methyl sites for hydroxylation is 1. The zero-order chi connectivity index (χ0) is 16.4. The maximum Gasteiger partial charge on any atom is 0.260 e. The number of pyridine rings is 1. The molecule has 0 unspecified atom stereocenters. The summed E-state index contributed by atoms with van der Waals surface area (Å²) in [5, 5.41) is 2.82. The number of benzene rings is 1. The number of H-pyrrole nitrogens is 1. The number of aromatic amines is 1. The number of carbonyl (C=O) groups is 1. The lowest BCUT2D eigenvalue weighted by atomic mass is 10.1. The molecular formula is C17H18N2O4. The van der Waals surface area contributed by atoms with E-state index < -0.39 is 11.5 Å². The maximum absolute atomic E-state index is 12.3. The molecule has 1 atom stereocenters. The van der Waals surface area contributed by atoms with Crippen molar-refractivity contribution < 1.29 is 14.3 Å². The first kappa shape index (κ1) is 15.1. The first-order chi connectivity index (χ1) is 11.0. The van der Waals surface area contributed by atoms with Crippen molar-refractivity contribution in [2.45, 2.75) is 19.9 Å². The Hall–Kier alpha value is -2.76. The van der Waals surface area contributed by atoms with E-state index >= 15 is 0 Å². The van der Waals surface area contributed by atoms with Crippen molar-refractivity contribution in [3.8, 4) is 11.5 Å². The number of carbonyl (C=O) groups excluding carboxylic acids is 1. The lowest BCUT2D eigenvalue weighted by molar-refractivity contribution is 0.0938. The van der Waals surface area contributed by atoms with E-state index in [1.807, 2.05) is 25.1 Å². The van der Waals surface area contributed by atoms with Gasteiger partial charge in [-0.1, -0.05) is 6.07 Å². The molecule has 0 fully saturated rings. The van der Waals surface area contributed by atoms with E-state index in [4.69, 9.17) is 9.47 Å². The van der Waals surface area contributed by atoms with E-state index in [2.05, 4.69) is 10.3 Å². The SMILES string of the molecule is Cc1ccc(C(=O)N[C@@H](C)c2ccc3c(c2)OCCO3)c(=O)[nH]1. The Bertz CT molecular complexity index is 797. The summed E-state index contributed by atoms with van der Waals surface area (Å²) in [7, 11) is 0. The summed E-state index contributed by atoms with van der Waals surface area (Å²) in [4.78, 5) is 26.7. The van der Waals surface area contributed by atoms with Crippen LogP contribution in [0.25, 0.3) is 0 Å². The Morgan fingerprint density at radius 2 is 1.91 bits per heavy atom. The summed E-state index contributed by atoms with van der Waals surface area (Å²) in [5.74, 6) is 0.963. The molecule has 0 aliphatic carbocycles. The van der Waals surface area contributed by atoms with Crippen molar-refractivity contribution >= 4 is 5.91 Å². The fourth-order valence-electron chi connectivity index (χ4n) is 2.44. The molecule has 0 saturated heterocycles. The summed E-state index contributed by atoms with van der Waals surface area (Å²) < 4.78 is 11.0. The van der Waals surface area contributed by atoms with E-state index in [-0.39, 0.29) is 11.6 Å². The van der Waals surface area contributed by atoms with E-state index in [9.17, 15) is 9.59 Å². The van der Waals surface area contributed by atoms with Gasteiger partial charge in [0.15, 0.2) is 11.5 Å². The van der Waals surface area contributed by atoms with Crippen molar-refractivity contribution in [2.75, 3.05) is 13.2 Å². The van der Waals surface area contributed by atoms with Crippen LogP contribution in [0.1, 0.15) is 34.6 Å². The molecule has 0 saturated carbocycles. The molecule has 2 aromatic rings. The number of amides is 1. The van der Waals surface area contributed by atoms with Crippen LogP contribution in [-0.4, -0.2) is 24.1 Å². The first-order valence-corrected chi connectivity index (χ1v) is 7.45. The molecule has 0 bridgehead atoms. The van der Waals surface area contributed by atoms with E-state index in [0.717, 1.165) is 5.56 Å². The second-order valence-electron chi connectivity index (χ2n) is 5.48. The fourth-order valence-corrected chi connectivity index (χ4v) is 2.44. The summed E-state index contributed by atoms with van der Waals surface area (Å²) in [5.41, 5.74) is 1.30. The summed E-state index contributed by atoms with van der Waals surface area (Å²) in [6.07, 6.45) is 0. The van der Waals surface area contributed by atoms with Gasteiger partial charge in [0.1, 0.15) is 18.8 Å². The standard InChI is InChI=1S/C17H18N2O4/c1-10-3-5-13(16(20)18-10)17(21)19-11(2)12-4-6-14-15(9-12)23-8-7-22-14/h3-6,9,11H,7-8H2,1-2H3,(H,18,20)(H,19,21)/t11-/m0/s1. The highest BCUT2D eigenvalue weighted by atomic mass is 16.6. The molecule has 23 heavy (non-hydrogen) atoms. The highest BCUT2D eigenvalue weighted by Gasteiger charge is 2.17. The largest absolute Gasteiger partial charge is 0.486 e. The molecule has 1 aliphatic heterocycles. The van der Waals surface area contributed by atoms with Crippen LogP contribution >= 0.6 is 0 Å². The van der Waals surface area contributed by atoms with Crippen molar-refractivity contribution in [2.24, 2.45) is 0 Å². The van der Waals surface area contributed by atoms with Crippen LogP contribution in [0.15, 0.2) is 35.1 Å². The van der Waals surface area contributed by atoms with Crippen molar-refractivity contribution in [3.63, 3.8) is 0 Å². The van der Waals surface area contributed by atoms with E-state index in [1.165, 1.54) is 6.07 Å². The number of ether oxygens (including phenoxy) is 2. The summed E-state index contributed by atoms with van der Waals surface area (Å²) >= 11 is 0. The second-order valence-corrected chi connectivity index (χ2v) is 5.48. The maximum atomic E-state index is 12.3. The summed E-state index contributed by atoms with van der Waals surface area (Å²) in [6.45, 7) is 4.66. The molecule has 6 heteroatoms. The molecular weight excluding hydrogens is 296 g/mol. The quantitative estimate of drug-likeness (QED) is 0.907. The van der Waals surface area contributed by atoms with Crippen LogP contribution in [0.4, 0.5) is 0 Å². The number of rotatable bonds is 3. The van der Waals surface area contributed by atoms with Crippen molar-refractivity contribution in [3.05, 3.63) is 57.5 Å². The second kappa shape index (κ2) is 6.16. The number of fused-ring (bicyclic) bond motifs is 1. The van der Waals surface area contributed by atoms with Gasteiger partial charge >= 0.3 is 0 Å². The Labute approximate surface area is 133 Å². The lowest BCUT2D eigenvalue weighted by Gasteiger charge is -2.21. The Morgan fingerprint density at radius 3 is 2.65 bits per heavy atom. The number of aromatic nitrogens is 1. The summed E-state index contributed by atoms with van der Waals surface area (Å²) in [6, 6.07) is 8.51. The molecule has 1 aromatic heterocycles. The Balaban J connectivity index is 1.77. The van der Waals surface area contributed by atoms with Gasteiger partial charge in [0.25, 0.3) is 11.5 Å². The third kappa shape index (κ3) is 3.21. The molecule has 0 radical (unpaired) electrons. The minimum absolute atomic E-state index is 0.0972. The van der Waals surface area contributed by atoms with Gasteiger partial charge in [-0.15, -0.1) is 0 Å². The van der Waals surface area contributed by atoms with Gasteiger partial charge in [0.2, 0.25) is 0 Å². The predicted octanol–water partition coefficient (Wildman–Crippen LogP) is 1.95. The zero-order valence-corrected chi connectivity index (χ0v) is 13.0. The molecule has 0 spiro atoms. The molecule has 1 aliphatic rings. The normalized spacial score (nSPS) is 14.2. The van der Waals surface area contributed by atoms with Crippen LogP contribution in [0, 0.1) is 6.92 Å². The van der Waals surface area contributed by atoms with E-state index in [1.54, 1.807) is 13.0 Å². The molecule has 2 heterocycles. The lowest BCUT2D eigenvalue weighted by Crippen LogP contribution is -2.31. The average molecular weight is 314 g/mol. The number of hydrogen-bond donors (Lipinski definition) is 2. The molecule has 1 aromatic carbocycles. The molecule has 1 amide bonds. The van der Waals surface area contributed by atoms with Gasteiger partial charge in [-0.3, -0.25) is 9.59 Å². The molecule has 3 rings (SSSR count). The van der Waals surface area contributed by atoms with E-state index in [0.29, 0.717) is 30.4 Å². The molecule has 2 N–H and O–H groups in total. The molecule has 120 valence electrons. The van der Waals surface area contributed by atoms with Crippen molar-refractivity contribution in [1.29, 1.82) is 0 Å². The third-order valence-corrected chi connectivity index (χ3v) is 3.71. The van der Waals surface area contributed by atoms with Gasteiger partial charge in [-0.2, -0.15) is 0 Å². The monoisotopic (exact) mass is 314 g/mol. The fraction of sp³-hybridized carbons (Fsp3) is 0.294. The van der Waals surface area contributed by atoms with Gasteiger partial charge in [0, 0.05) is 5.69 Å². The number of nitrogens with one attached hydrogen (secondary N) is 2. The topological polar surface area (TPSA) is 80.4 Å². The minimum atomic E-state index is -0.409. The van der Waals surface area contributed by atoms with Crippen LogP contribution in [0.2, 0.25) is 0 Å². The molecule has 6 nitrogen and oxygen atoms in total. The van der Waals surface area contributed by atoms with Crippen LogP contribution in [0.3, 0.4) is 0 Å². The van der Waals surface area contributed by atoms with Gasteiger partial charge < -0.3 is 19.8 Å². The zero-order valence-electron chi connectivity index (χ0n) is 13.0. The minimum Gasteiger partial charge on any atom is -0.486 e. The van der Waals surface area contributed by atoms with Gasteiger partial charge in [0.05, 0.1) is 6.04 Å². The predicted molar refractivity (Wildman–Crippen MR) is 85.1 cm³/mol. The van der Waals surface area contributed by atoms with Crippen LogP contribution in [0.5, 0.6) is 11.5 Å². The smallest absolute Gasteiger partial charge is 0.260 e. The third-order valence-electron chi connectivity index (χ3n) is 3.71. The van der Waals surface area contributed by atoms with Crippen LogP contribution < -0.4 is 20.3 Å². The highest BCUT2D eigenvalue weighted by Crippen LogP contribution is 2.32.